The van der Waals surface area contributed by atoms with Gasteiger partial charge in [0.2, 0.25) is 0 Å². The van der Waals surface area contributed by atoms with E-state index in [2.05, 4.69) is 0 Å². The molecule has 10 atom stereocenters. The average Bonchev–Trinajstić information content (AvgIpc) is 2.66. The summed E-state index contributed by atoms with van der Waals surface area (Å²) in [7, 11) is 0. The van der Waals surface area contributed by atoms with E-state index in [4.69, 9.17) is 4.74 Å². The average molecular weight is 419 g/mol. The molecule has 8 heteroatoms. The number of rotatable bonds is 1. The zero-order chi connectivity index (χ0) is 22.9. The van der Waals surface area contributed by atoms with E-state index in [1.54, 1.807) is 13.8 Å². The van der Waals surface area contributed by atoms with Crippen molar-refractivity contribution in [3.05, 3.63) is 0 Å². The van der Waals surface area contributed by atoms with Gasteiger partial charge >= 0.3 is 5.97 Å². The van der Waals surface area contributed by atoms with E-state index in [1.807, 2.05) is 0 Å². The normalized spacial score (nSPS) is 48.7. The van der Waals surface area contributed by atoms with Crippen molar-refractivity contribution < 1.29 is 39.9 Å². The van der Waals surface area contributed by atoms with Crippen molar-refractivity contribution in [2.75, 3.05) is 0 Å². The Bertz CT molecular complexity index is 587. The zero-order valence-corrected chi connectivity index (χ0v) is 18.5. The van der Waals surface area contributed by atoms with Gasteiger partial charge in [-0.25, -0.2) is 0 Å². The van der Waals surface area contributed by atoms with E-state index in [-0.39, 0.29) is 12.8 Å². The van der Waals surface area contributed by atoms with Crippen LogP contribution in [0.25, 0.3) is 0 Å². The molecule has 0 radical (unpaired) electrons. The molecule has 1 aliphatic rings. The molecule has 1 aliphatic heterocycles. The van der Waals surface area contributed by atoms with Crippen LogP contribution in [0.1, 0.15) is 61.3 Å². The lowest BCUT2D eigenvalue weighted by molar-refractivity contribution is -0.195. The lowest BCUT2D eigenvalue weighted by Gasteiger charge is -2.41. The third-order valence-electron chi connectivity index (χ3n) is 6.57. The molecule has 170 valence electrons. The minimum atomic E-state index is -1.90. The maximum absolute atomic E-state index is 12.8. The minimum Gasteiger partial charge on any atom is -0.459 e. The van der Waals surface area contributed by atoms with Crippen LogP contribution in [-0.2, 0) is 14.3 Å². The van der Waals surface area contributed by atoms with Crippen LogP contribution in [0.4, 0.5) is 0 Å². The Morgan fingerprint density at radius 3 is 1.97 bits per heavy atom. The predicted molar refractivity (Wildman–Crippen MR) is 106 cm³/mol. The Kier molecular flexibility index (Phi) is 8.41. The number of carbonyl (C=O) groups is 2. The Morgan fingerprint density at radius 1 is 0.966 bits per heavy atom. The number of hydrogen-bond donors (Lipinski definition) is 5. The van der Waals surface area contributed by atoms with E-state index in [0.717, 1.165) is 0 Å². The molecule has 1 rings (SSSR count). The van der Waals surface area contributed by atoms with Gasteiger partial charge in [-0.1, -0.05) is 27.7 Å². The van der Waals surface area contributed by atoms with Crippen molar-refractivity contribution in [3.8, 4) is 0 Å². The second kappa shape index (κ2) is 9.39. The summed E-state index contributed by atoms with van der Waals surface area (Å²) in [6.07, 6.45) is -5.29. The SMILES string of the molecule is CCC1OC(=O)[C@H](C)[C@@H](O)[C@H](C)[C@@H](O)[C@](C)(O)C[C@@H](C)C(=O)[C@H](C)[C@@H](O)[C@]1(C)O. The largest absolute Gasteiger partial charge is 0.459 e. The number of ketones is 1. The molecule has 0 saturated carbocycles. The van der Waals surface area contributed by atoms with Crippen molar-refractivity contribution >= 4 is 11.8 Å². The van der Waals surface area contributed by atoms with Gasteiger partial charge in [-0.05, 0) is 33.6 Å². The fraction of sp³-hybridized carbons (Fsp3) is 0.905. The van der Waals surface area contributed by atoms with Crippen molar-refractivity contribution in [1.82, 2.24) is 0 Å². The monoisotopic (exact) mass is 418 g/mol. The Hall–Kier alpha value is -1.06. The number of Topliss-reactive ketones (excluding diaryl/α,β-unsaturated/α-hetero) is 1. The molecular weight excluding hydrogens is 380 g/mol. The van der Waals surface area contributed by atoms with Gasteiger partial charge in [0.1, 0.15) is 17.5 Å². The van der Waals surface area contributed by atoms with Gasteiger partial charge in [0.05, 0.1) is 29.8 Å². The van der Waals surface area contributed by atoms with Gasteiger partial charge in [0.15, 0.2) is 0 Å². The van der Waals surface area contributed by atoms with Crippen LogP contribution >= 0.6 is 0 Å². The van der Waals surface area contributed by atoms with Crippen molar-refractivity contribution in [2.24, 2.45) is 23.7 Å². The first-order valence-electron chi connectivity index (χ1n) is 10.3. The third kappa shape index (κ3) is 5.35. The number of aliphatic hydroxyl groups is 5. The molecule has 0 aromatic rings. The summed E-state index contributed by atoms with van der Waals surface area (Å²) < 4.78 is 5.39. The molecule has 5 N–H and O–H groups in total. The Balaban J connectivity index is 3.42. The second-order valence-electron chi connectivity index (χ2n) is 9.24. The zero-order valence-electron chi connectivity index (χ0n) is 18.5. The van der Waals surface area contributed by atoms with Crippen LogP contribution in [0.3, 0.4) is 0 Å². The number of esters is 1. The highest BCUT2D eigenvalue weighted by atomic mass is 16.6. The molecule has 1 saturated heterocycles. The lowest BCUT2D eigenvalue weighted by atomic mass is 9.74. The number of aliphatic hydroxyl groups excluding tert-OH is 3. The highest BCUT2D eigenvalue weighted by Gasteiger charge is 2.48. The molecule has 0 aromatic heterocycles. The van der Waals surface area contributed by atoms with Gasteiger partial charge in [-0.2, -0.15) is 0 Å². The molecule has 0 bridgehead atoms. The van der Waals surface area contributed by atoms with Crippen LogP contribution in [0.2, 0.25) is 0 Å². The quantitative estimate of drug-likeness (QED) is 0.385. The standard InChI is InChI=1S/C21H38O8/c1-8-14-21(7,28)18(25)11(3)15(22)10(2)9-20(6,27)17(24)12(4)16(23)13(5)19(26)29-14/h10-14,16-18,23-25,27-28H,8-9H2,1-7H3/t10-,11+,12+,13-,14?,16+,17-,18-,20-,21-/m1/s1. The van der Waals surface area contributed by atoms with Crippen molar-refractivity contribution in [3.63, 3.8) is 0 Å². The Labute approximate surface area is 172 Å². The number of cyclic esters (lactones) is 1. The topological polar surface area (TPSA) is 145 Å². The fourth-order valence-corrected chi connectivity index (χ4v) is 4.35. The summed E-state index contributed by atoms with van der Waals surface area (Å²) in [6, 6.07) is 0. The van der Waals surface area contributed by atoms with Gasteiger partial charge < -0.3 is 30.3 Å². The Morgan fingerprint density at radius 2 is 1.48 bits per heavy atom. The molecule has 1 fully saturated rings. The fourth-order valence-electron chi connectivity index (χ4n) is 4.35. The van der Waals surface area contributed by atoms with E-state index < -0.39 is 71.0 Å². The smallest absolute Gasteiger partial charge is 0.311 e. The first-order chi connectivity index (χ1) is 13.1. The molecule has 0 aliphatic carbocycles. The molecule has 1 unspecified atom stereocenters. The highest BCUT2D eigenvalue weighted by molar-refractivity contribution is 5.83. The van der Waals surface area contributed by atoms with Gasteiger partial charge in [0.25, 0.3) is 0 Å². The number of carbonyl (C=O) groups excluding carboxylic acids is 2. The lowest BCUT2D eigenvalue weighted by Crippen LogP contribution is -2.57. The molecule has 0 amide bonds. The second-order valence-corrected chi connectivity index (χ2v) is 9.24. The van der Waals surface area contributed by atoms with Gasteiger partial charge in [0, 0.05) is 17.8 Å². The molecule has 29 heavy (non-hydrogen) atoms. The van der Waals surface area contributed by atoms with Crippen molar-refractivity contribution in [2.45, 2.75) is 96.9 Å². The first-order valence-corrected chi connectivity index (χ1v) is 10.3. The van der Waals surface area contributed by atoms with E-state index >= 15 is 0 Å². The van der Waals surface area contributed by atoms with Gasteiger partial charge in [-0.3, -0.25) is 9.59 Å². The van der Waals surface area contributed by atoms with Crippen molar-refractivity contribution in [1.29, 1.82) is 0 Å². The maximum atomic E-state index is 12.8. The van der Waals surface area contributed by atoms with E-state index in [0.29, 0.717) is 0 Å². The summed E-state index contributed by atoms with van der Waals surface area (Å²) in [5, 5.41) is 53.6. The van der Waals surface area contributed by atoms with Crippen LogP contribution < -0.4 is 0 Å². The van der Waals surface area contributed by atoms with Crippen LogP contribution in [0.15, 0.2) is 0 Å². The summed E-state index contributed by atoms with van der Waals surface area (Å²) in [4.78, 5) is 25.4. The number of ether oxygens (including phenoxy) is 1. The summed E-state index contributed by atoms with van der Waals surface area (Å²) in [5.74, 6) is -4.86. The van der Waals surface area contributed by atoms with Crippen LogP contribution in [-0.4, -0.2) is 72.9 Å². The van der Waals surface area contributed by atoms with E-state index in [9.17, 15) is 35.1 Å². The summed E-state index contributed by atoms with van der Waals surface area (Å²) >= 11 is 0. The number of hydrogen-bond acceptors (Lipinski definition) is 8. The maximum Gasteiger partial charge on any atom is 0.311 e. The molecule has 0 aromatic carbocycles. The molecule has 1 heterocycles. The van der Waals surface area contributed by atoms with Crippen LogP contribution in [0, 0.1) is 23.7 Å². The van der Waals surface area contributed by atoms with E-state index in [1.165, 1.54) is 34.6 Å². The third-order valence-corrected chi connectivity index (χ3v) is 6.57. The van der Waals surface area contributed by atoms with Gasteiger partial charge in [-0.15, -0.1) is 0 Å². The molecule has 0 spiro atoms. The minimum absolute atomic E-state index is 0.112. The molecule has 8 nitrogen and oxygen atoms in total. The highest BCUT2D eigenvalue weighted by Crippen LogP contribution is 2.34. The van der Waals surface area contributed by atoms with Crippen LogP contribution in [0.5, 0.6) is 0 Å². The summed E-state index contributed by atoms with van der Waals surface area (Å²) in [6.45, 7) is 10.3. The first kappa shape index (κ1) is 26.0. The molecular formula is C21H38O8. The summed E-state index contributed by atoms with van der Waals surface area (Å²) in [5.41, 5.74) is -3.62. The predicted octanol–water partition coefficient (Wildman–Crippen LogP) is 0.410.